The van der Waals surface area contributed by atoms with Crippen LogP contribution in [0.5, 0.6) is 0 Å². The molecule has 0 N–H and O–H groups in total. The van der Waals surface area contributed by atoms with Crippen LogP contribution in [0.25, 0.3) is 0 Å². The first kappa shape index (κ1) is 15.3. The molecule has 1 unspecified atom stereocenters. The SMILES string of the molecule is O=C1OC(Cc2ccccc2)(c2ccccc2)C=C1C(F)(F)F. The van der Waals surface area contributed by atoms with Crippen LogP contribution in [0.2, 0.25) is 0 Å². The number of hydrogen-bond donors (Lipinski definition) is 0. The zero-order chi connectivity index (χ0) is 16.5. The predicted molar refractivity (Wildman–Crippen MR) is 78.5 cm³/mol. The molecule has 1 aliphatic heterocycles. The summed E-state index contributed by atoms with van der Waals surface area (Å²) in [5.41, 5.74) is -1.40. The van der Waals surface area contributed by atoms with Crippen LogP contribution in [0.4, 0.5) is 13.2 Å². The Balaban J connectivity index is 2.09. The summed E-state index contributed by atoms with van der Waals surface area (Å²) in [6.45, 7) is 0. The normalized spacial score (nSPS) is 21.0. The highest BCUT2D eigenvalue weighted by Crippen LogP contribution is 2.42. The molecular formula is C18H13F3O2. The number of hydrogen-bond acceptors (Lipinski definition) is 2. The first-order valence-corrected chi connectivity index (χ1v) is 7.04. The Kier molecular flexibility index (Phi) is 3.72. The number of carbonyl (C=O) groups excluding carboxylic acids is 1. The quantitative estimate of drug-likeness (QED) is 0.794. The smallest absolute Gasteiger partial charge is 0.423 e. The minimum atomic E-state index is -4.73. The van der Waals surface area contributed by atoms with Crippen LogP contribution in [0, 0.1) is 0 Å². The molecule has 1 aliphatic rings. The van der Waals surface area contributed by atoms with Crippen molar-refractivity contribution < 1.29 is 22.7 Å². The Morgan fingerprint density at radius 2 is 1.48 bits per heavy atom. The van der Waals surface area contributed by atoms with Crippen molar-refractivity contribution in [2.75, 3.05) is 0 Å². The second-order valence-corrected chi connectivity index (χ2v) is 5.36. The van der Waals surface area contributed by atoms with Crippen LogP contribution in [-0.2, 0) is 21.6 Å². The zero-order valence-corrected chi connectivity index (χ0v) is 12.0. The Morgan fingerprint density at radius 1 is 0.913 bits per heavy atom. The fourth-order valence-corrected chi connectivity index (χ4v) is 2.69. The highest BCUT2D eigenvalue weighted by atomic mass is 19.4. The fourth-order valence-electron chi connectivity index (χ4n) is 2.69. The molecule has 0 spiro atoms. The average molecular weight is 318 g/mol. The highest BCUT2D eigenvalue weighted by Gasteiger charge is 2.51. The highest BCUT2D eigenvalue weighted by molar-refractivity contribution is 5.93. The van der Waals surface area contributed by atoms with Crippen LogP contribution in [0.15, 0.2) is 72.3 Å². The van der Waals surface area contributed by atoms with Gasteiger partial charge in [0.25, 0.3) is 0 Å². The van der Waals surface area contributed by atoms with Gasteiger partial charge in [0.15, 0.2) is 5.60 Å². The summed E-state index contributed by atoms with van der Waals surface area (Å²) in [6.07, 6.45) is -3.69. The third kappa shape index (κ3) is 2.99. The predicted octanol–water partition coefficient (Wildman–Crippen LogP) is 4.17. The second-order valence-electron chi connectivity index (χ2n) is 5.36. The molecule has 0 amide bonds. The summed E-state index contributed by atoms with van der Waals surface area (Å²) in [5.74, 6) is -1.34. The summed E-state index contributed by atoms with van der Waals surface area (Å²) in [6, 6.07) is 17.5. The van der Waals surface area contributed by atoms with E-state index in [0.29, 0.717) is 5.56 Å². The van der Waals surface area contributed by atoms with Crippen LogP contribution >= 0.6 is 0 Å². The van der Waals surface area contributed by atoms with E-state index < -0.39 is 23.3 Å². The molecule has 0 aromatic heterocycles. The number of ether oxygens (including phenoxy) is 1. The van der Waals surface area contributed by atoms with Gasteiger partial charge in [-0.25, -0.2) is 4.79 Å². The van der Waals surface area contributed by atoms with E-state index in [1.54, 1.807) is 54.6 Å². The Bertz CT molecular complexity index is 736. The standard InChI is InChI=1S/C18H13F3O2/c19-18(20,21)15-12-17(23-16(15)22,14-9-5-2-6-10-14)11-13-7-3-1-4-8-13/h1-10,12H,11H2. The van der Waals surface area contributed by atoms with E-state index in [2.05, 4.69) is 0 Å². The van der Waals surface area contributed by atoms with Gasteiger partial charge in [0, 0.05) is 6.42 Å². The maximum absolute atomic E-state index is 13.0. The van der Waals surface area contributed by atoms with Gasteiger partial charge < -0.3 is 4.74 Å². The van der Waals surface area contributed by atoms with Crippen LogP contribution in [0.3, 0.4) is 0 Å². The molecule has 3 rings (SSSR count). The molecule has 0 saturated carbocycles. The molecule has 0 fully saturated rings. The number of carbonyl (C=O) groups is 1. The number of cyclic esters (lactones) is 1. The zero-order valence-electron chi connectivity index (χ0n) is 12.0. The monoisotopic (exact) mass is 318 g/mol. The minimum Gasteiger partial charge on any atom is -0.446 e. The molecule has 23 heavy (non-hydrogen) atoms. The van der Waals surface area contributed by atoms with E-state index in [0.717, 1.165) is 11.6 Å². The van der Waals surface area contributed by atoms with Gasteiger partial charge >= 0.3 is 12.1 Å². The van der Waals surface area contributed by atoms with Gasteiger partial charge in [0.2, 0.25) is 0 Å². The van der Waals surface area contributed by atoms with Crippen LogP contribution in [0.1, 0.15) is 11.1 Å². The Labute approximate surface area is 131 Å². The first-order chi connectivity index (χ1) is 10.9. The molecule has 118 valence electrons. The molecule has 1 atom stereocenters. The largest absolute Gasteiger partial charge is 0.446 e. The lowest BCUT2D eigenvalue weighted by molar-refractivity contribution is -0.155. The van der Waals surface area contributed by atoms with Gasteiger partial charge in [0.05, 0.1) is 0 Å². The van der Waals surface area contributed by atoms with Crippen molar-refractivity contribution in [1.82, 2.24) is 0 Å². The van der Waals surface area contributed by atoms with Crippen molar-refractivity contribution in [3.05, 3.63) is 83.4 Å². The van der Waals surface area contributed by atoms with Gasteiger partial charge in [-0.05, 0) is 17.2 Å². The third-order valence-electron chi connectivity index (χ3n) is 3.75. The number of benzene rings is 2. The van der Waals surface area contributed by atoms with E-state index in [9.17, 15) is 18.0 Å². The number of esters is 1. The summed E-state index contributed by atoms with van der Waals surface area (Å²) in [4.78, 5) is 11.8. The van der Waals surface area contributed by atoms with Crippen LogP contribution in [-0.4, -0.2) is 12.1 Å². The van der Waals surface area contributed by atoms with Gasteiger partial charge in [-0.2, -0.15) is 13.2 Å². The van der Waals surface area contributed by atoms with Crippen molar-refractivity contribution in [3.8, 4) is 0 Å². The van der Waals surface area contributed by atoms with Crippen molar-refractivity contribution in [1.29, 1.82) is 0 Å². The van der Waals surface area contributed by atoms with E-state index in [1.807, 2.05) is 6.07 Å². The van der Waals surface area contributed by atoms with Crippen molar-refractivity contribution in [2.45, 2.75) is 18.2 Å². The number of alkyl halides is 3. The lowest BCUT2D eigenvalue weighted by atomic mass is 9.86. The molecule has 0 bridgehead atoms. The van der Waals surface area contributed by atoms with E-state index in [1.165, 1.54) is 0 Å². The van der Waals surface area contributed by atoms with Crippen molar-refractivity contribution >= 4 is 5.97 Å². The Morgan fingerprint density at radius 3 is 2.00 bits per heavy atom. The van der Waals surface area contributed by atoms with Gasteiger partial charge in [-0.15, -0.1) is 0 Å². The fraction of sp³-hybridized carbons (Fsp3) is 0.167. The molecule has 0 saturated heterocycles. The lowest BCUT2D eigenvalue weighted by Gasteiger charge is -2.27. The third-order valence-corrected chi connectivity index (χ3v) is 3.75. The van der Waals surface area contributed by atoms with Gasteiger partial charge in [0.1, 0.15) is 5.57 Å². The second kappa shape index (κ2) is 5.57. The molecule has 1 heterocycles. The topological polar surface area (TPSA) is 26.3 Å². The average Bonchev–Trinajstić information content (AvgIpc) is 2.87. The summed E-state index contributed by atoms with van der Waals surface area (Å²) < 4.78 is 44.3. The van der Waals surface area contributed by atoms with Crippen molar-refractivity contribution in [3.63, 3.8) is 0 Å². The van der Waals surface area contributed by atoms with E-state index in [-0.39, 0.29) is 6.42 Å². The van der Waals surface area contributed by atoms with Gasteiger partial charge in [-0.1, -0.05) is 60.7 Å². The molecule has 2 aromatic rings. The molecule has 2 nitrogen and oxygen atoms in total. The maximum atomic E-state index is 13.0. The molecular weight excluding hydrogens is 305 g/mol. The summed E-state index contributed by atoms with van der Waals surface area (Å²) >= 11 is 0. The lowest BCUT2D eigenvalue weighted by Crippen LogP contribution is -2.28. The number of rotatable bonds is 3. The first-order valence-electron chi connectivity index (χ1n) is 7.04. The summed E-state index contributed by atoms with van der Waals surface area (Å²) in [5, 5.41) is 0. The maximum Gasteiger partial charge on any atom is 0.423 e. The minimum absolute atomic E-state index is 0.142. The Hall–Kier alpha value is -2.56. The van der Waals surface area contributed by atoms with Crippen molar-refractivity contribution in [2.24, 2.45) is 0 Å². The van der Waals surface area contributed by atoms with Crippen LogP contribution < -0.4 is 0 Å². The summed E-state index contributed by atoms with van der Waals surface area (Å²) in [7, 11) is 0. The molecule has 2 aromatic carbocycles. The van der Waals surface area contributed by atoms with E-state index >= 15 is 0 Å². The van der Waals surface area contributed by atoms with E-state index in [4.69, 9.17) is 4.74 Å². The van der Waals surface area contributed by atoms with Gasteiger partial charge in [-0.3, -0.25) is 0 Å². The molecule has 0 radical (unpaired) electrons. The molecule has 5 heteroatoms. The molecule has 0 aliphatic carbocycles. The number of halogens is 3.